The molecule has 2 fully saturated rings. The van der Waals surface area contributed by atoms with E-state index in [-0.39, 0.29) is 5.43 Å². The van der Waals surface area contributed by atoms with Gasteiger partial charge in [-0.25, -0.2) is 0 Å². The lowest BCUT2D eigenvalue weighted by atomic mass is 9.56. The molecule has 3 aliphatic carbocycles. The highest BCUT2D eigenvalue weighted by molar-refractivity contribution is 5.80. The number of allylic oxidation sites excluding steroid dienone is 5. The number of rotatable bonds is 2. The molecule has 0 N–H and O–H groups in total. The van der Waals surface area contributed by atoms with Crippen molar-refractivity contribution < 1.29 is 4.74 Å². The SMILES string of the molecule is C=C(C)c1cn2c(cc1=O)C1=C(C=C(OC)C(C)=C=C1)C1C3CCC3CCC12. The second-order valence-corrected chi connectivity index (χ2v) is 8.79. The van der Waals surface area contributed by atoms with Crippen LogP contribution in [0.15, 0.2) is 58.4 Å². The van der Waals surface area contributed by atoms with E-state index in [0.29, 0.717) is 12.0 Å². The number of methoxy groups -OCH3 is 1. The Kier molecular flexibility index (Phi) is 3.93. The van der Waals surface area contributed by atoms with Crippen LogP contribution in [0.2, 0.25) is 0 Å². The number of nitrogens with zero attached hydrogens (tertiary/aromatic N) is 1. The number of hydrogen-bond donors (Lipinski definition) is 0. The number of hydrogen-bond acceptors (Lipinski definition) is 2. The van der Waals surface area contributed by atoms with Gasteiger partial charge in [-0.2, -0.15) is 0 Å². The standard InChI is InChI=1S/C25H27NO2/c1-14(2)20-13-26-21-10-7-16-6-9-17(16)25(21)19-11-24(28-4)15(3)5-8-18(19)22(26)12-23(20)27/h8,11-13,16-17,21,25H,1,6-7,9-10H2,2-4H3. The van der Waals surface area contributed by atoms with E-state index in [0.717, 1.165) is 45.6 Å². The second-order valence-electron chi connectivity index (χ2n) is 8.79. The molecule has 0 radical (unpaired) electrons. The fourth-order valence-electron chi connectivity index (χ4n) is 5.76. The second kappa shape index (κ2) is 6.25. The molecule has 0 bridgehead atoms. The number of ether oxygens (including phenoxy) is 1. The number of fused-ring (bicyclic) bond motifs is 7. The van der Waals surface area contributed by atoms with Crippen LogP contribution in [0.25, 0.3) is 11.1 Å². The van der Waals surface area contributed by atoms with Gasteiger partial charge in [0.25, 0.3) is 0 Å². The van der Waals surface area contributed by atoms with Gasteiger partial charge < -0.3 is 9.30 Å². The van der Waals surface area contributed by atoms with Crippen LogP contribution >= 0.6 is 0 Å². The minimum Gasteiger partial charge on any atom is -0.496 e. The van der Waals surface area contributed by atoms with Crippen molar-refractivity contribution in [2.75, 3.05) is 7.11 Å². The first kappa shape index (κ1) is 17.6. The fraction of sp³-hybridized carbons (Fsp3) is 0.440. The third-order valence-electron chi connectivity index (χ3n) is 7.34. The van der Waals surface area contributed by atoms with Crippen molar-refractivity contribution in [3.05, 3.63) is 75.1 Å². The van der Waals surface area contributed by atoms with Crippen LogP contribution < -0.4 is 5.43 Å². The summed E-state index contributed by atoms with van der Waals surface area (Å²) in [5.74, 6) is 2.93. The molecule has 2 heterocycles. The van der Waals surface area contributed by atoms with Gasteiger partial charge >= 0.3 is 0 Å². The van der Waals surface area contributed by atoms with Crippen molar-refractivity contribution >= 4 is 11.1 Å². The zero-order valence-electron chi connectivity index (χ0n) is 16.9. The molecule has 5 rings (SSSR count). The van der Waals surface area contributed by atoms with E-state index in [9.17, 15) is 4.79 Å². The summed E-state index contributed by atoms with van der Waals surface area (Å²) in [5.41, 5.74) is 9.49. The predicted octanol–water partition coefficient (Wildman–Crippen LogP) is 5.27. The Morgan fingerprint density at radius 1 is 1.29 bits per heavy atom. The lowest BCUT2D eigenvalue weighted by molar-refractivity contribution is 0.0333. The van der Waals surface area contributed by atoms with Crippen LogP contribution in [-0.4, -0.2) is 11.7 Å². The van der Waals surface area contributed by atoms with Gasteiger partial charge in [0.2, 0.25) is 0 Å². The van der Waals surface area contributed by atoms with Crippen molar-refractivity contribution in [3.8, 4) is 0 Å². The Bertz CT molecular complexity index is 1070. The highest BCUT2D eigenvalue weighted by atomic mass is 16.5. The van der Waals surface area contributed by atoms with Crippen molar-refractivity contribution in [2.45, 2.75) is 45.6 Å². The van der Waals surface area contributed by atoms with Gasteiger partial charge in [0.05, 0.1) is 12.8 Å². The summed E-state index contributed by atoms with van der Waals surface area (Å²) in [4.78, 5) is 12.8. The molecular formula is C25H27NO2. The molecule has 3 heteroatoms. The fourth-order valence-corrected chi connectivity index (χ4v) is 5.76. The molecule has 4 unspecified atom stereocenters. The summed E-state index contributed by atoms with van der Waals surface area (Å²) < 4.78 is 8.06. The average Bonchev–Trinajstić information content (AvgIpc) is 2.80. The van der Waals surface area contributed by atoms with Crippen LogP contribution in [0.5, 0.6) is 0 Å². The quantitative estimate of drug-likeness (QED) is 0.661. The van der Waals surface area contributed by atoms with Gasteiger partial charge in [-0.15, -0.1) is 5.73 Å². The third kappa shape index (κ3) is 2.39. The molecule has 0 aromatic carbocycles. The predicted molar refractivity (Wildman–Crippen MR) is 113 cm³/mol. The lowest BCUT2D eigenvalue weighted by Gasteiger charge is -2.53. The normalized spacial score (nSPS) is 30.0. The Labute approximate surface area is 166 Å². The van der Waals surface area contributed by atoms with Crippen LogP contribution in [0.1, 0.15) is 56.8 Å². The van der Waals surface area contributed by atoms with E-state index in [1.165, 1.54) is 31.3 Å². The first-order valence-corrected chi connectivity index (χ1v) is 10.4. The molecule has 144 valence electrons. The van der Waals surface area contributed by atoms with Gasteiger partial charge in [0.1, 0.15) is 5.76 Å². The summed E-state index contributed by atoms with van der Waals surface area (Å²) in [6.45, 7) is 7.98. The van der Waals surface area contributed by atoms with Crippen LogP contribution in [-0.2, 0) is 4.74 Å². The van der Waals surface area contributed by atoms with E-state index in [4.69, 9.17) is 4.74 Å². The van der Waals surface area contributed by atoms with E-state index in [1.807, 2.05) is 19.9 Å². The van der Waals surface area contributed by atoms with E-state index in [2.05, 4.69) is 35.2 Å². The summed E-state index contributed by atoms with van der Waals surface area (Å²) in [5, 5.41) is 0. The Hall–Kier alpha value is -2.51. The van der Waals surface area contributed by atoms with Gasteiger partial charge in [-0.05, 0) is 74.7 Å². The van der Waals surface area contributed by atoms with Gasteiger partial charge in [0.15, 0.2) is 5.43 Å². The highest BCUT2D eigenvalue weighted by Gasteiger charge is 2.48. The van der Waals surface area contributed by atoms with Crippen molar-refractivity contribution in [3.63, 3.8) is 0 Å². The summed E-state index contributed by atoms with van der Waals surface area (Å²) in [6.07, 6.45) is 11.5. The van der Waals surface area contributed by atoms with Gasteiger partial charge in [-0.1, -0.05) is 6.58 Å². The zero-order chi connectivity index (χ0) is 19.6. The van der Waals surface area contributed by atoms with E-state index < -0.39 is 0 Å². The molecule has 28 heavy (non-hydrogen) atoms. The maximum atomic E-state index is 12.8. The Morgan fingerprint density at radius 2 is 2.07 bits per heavy atom. The molecule has 4 aliphatic rings. The highest BCUT2D eigenvalue weighted by Crippen LogP contribution is 2.58. The van der Waals surface area contributed by atoms with Crippen LogP contribution in [0.4, 0.5) is 0 Å². The molecule has 0 spiro atoms. The summed E-state index contributed by atoms with van der Waals surface area (Å²) in [7, 11) is 1.73. The molecule has 1 aliphatic heterocycles. The first-order valence-electron chi connectivity index (χ1n) is 10.4. The molecule has 3 nitrogen and oxygen atoms in total. The largest absolute Gasteiger partial charge is 0.496 e. The summed E-state index contributed by atoms with van der Waals surface area (Å²) in [6, 6.07) is 2.21. The van der Waals surface area contributed by atoms with Crippen molar-refractivity contribution in [1.29, 1.82) is 0 Å². The van der Waals surface area contributed by atoms with E-state index in [1.54, 1.807) is 7.11 Å². The Balaban J connectivity index is 1.80. The average molecular weight is 373 g/mol. The molecule has 4 atom stereocenters. The molecule has 0 saturated heterocycles. The molecule has 2 saturated carbocycles. The van der Waals surface area contributed by atoms with Crippen LogP contribution in [0.3, 0.4) is 0 Å². The minimum absolute atomic E-state index is 0.0515. The monoisotopic (exact) mass is 373 g/mol. The van der Waals surface area contributed by atoms with Crippen molar-refractivity contribution in [1.82, 2.24) is 4.57 Å². The smallest absolute Gasteiger partial charge is 0.189 e. The minimum atomic E-state index is 0.0515. The van der Waals surface area contributed by atoms with Crippen molar-refractivity contribution in [2.24, 2.45) is 17.8 Å². The maximum absolute atomic E-state index is 12.8. The Morgan fingerprint density at radius 3 is 2.75 bits per heavy atom. The molecular weight excluding hydrogens is 346 g/mol. The van der Waals surface area contributed by atoms with Gasteiger partial charge in [0, 0.05) is 40.9 Å². The molecule has 1 aromatic heterocycles. The summed E-state index contributed by atoms with van der Waals surface area (Å²) >= 11 is 0. The number of aromatic nitrogens is 1. The number of pyridine rings is 1. The first-order chi connectivity index (χ1) is 13.5. The topological polar surface area (TPSA) is 31.2 Å². The molecule has 0 amide bonds. The maximum Gasteiger partial charge on any atom is 0.189 e. The van der Waals surface area contributed by atoms with E-state index >= 15 is 0 Å². The lowest BCUT2D eigenvalue weighted by Crippen LogP contribution is -2.45. The molecule has 1 aromatic rings. The zero-order valence-corrected chi connectivity index (χ0v) is 16.9. The van der Waals surface area contributed by atoms with Crippen LogP contribution in [0, 0.1) is 17.8 Å². The van der Waals surface area contributed by atoms with Gasteiger partial charge in [-0.3, -0.25) is 4.79 Å². The third-order valence-corrected chi connectivity index (χ3v) is 7.34.